The van der Waals surface area contributed by atoms with Gasteiger partial charge >= 0.3 is 0 Å². The molecule has 0 aliphatic heterocycles. The Balaban J connectivity index is 2.15. The first-order valence-corrected chi connectivity index (χ1v) is 8.59. The number of rotatable bonds is 5. The van der Waals surface area contributed by atoms with Crippen molar-refractivity contribution >= 4 is 27.7 Å². The topological polar surface area (TPSA) is 30.7 Å². The molecule has 0 unspecified atom stereocenters. The Labute approximate surface area is 133 Å². The molecular formula is C15H20BrN3S. The molecule has 0 bridgehead atoms. The molecule has 1 aromatic heterocycles. The van der Waals surface area contributed by atoms with Crippen LogP contribution in [0.25, 0.3) is 0 Å². The maximum Gasteiger partial charge on any atom is 0.191 e. The highest BCUT2D eigenvalue weighted by atomic mass is 79.9. The third-order valence-corrected chi connectivity index (χ3v) is 4.55. The smallest absolute Gasteiger partial charge is 0.191 e. The van der Waals surface area contributed by atoms with Gasteiger partial charge in [0.1, 0.15) is 5.82 Å². The van der Waals surface area contributed by atoms with E-state index in [1.807, 2.05) is 0 Å². The van der Waals surface area contributed by atoms with Gasteiger partial charge < -0.3 is 4.57 Å². The number of hydrogen-bond acceptors (Lipinski definition) is 3. The van der Waals surface area contributed by atoms with Crippen molar-refractivity contribution in [1.29, 1.82) is 0 Å². The number of halogens is 1. The summed E-state index contributed by atoms with van der Waals surface area (Å²) in [6.07, 6.45) is 0. The van der Waals surface area contributed by atoms with Crippen LogP contribution in [0.5, 0.6) is 0 Å². The summed E-state index contributed by atoms with van der Waals surface area (Å²) in [4.78, 5) is 0. The fourth-order valence-electron chi connectivity index (χ4n) is 1.99. The lowest BCUT2D eigenvalue weighted by atomic mass is 10.2. The van der Waals surface area contributed by atoms with Gasteiger partial charge in [0.15, 0.2) is 5.16 Å². The summed E-state index contributed by atoms with van der Waals surface area (Å²) < 4.78 is 3.35. The minimum Gasteiger partial charge on any atom is -0.303 e. The van der Waals surface area contributed by atoms with Crippen LogP contribution in [-0.4, -0.2) is 14.8 Å². The van der Waals surface area contributed by atoms with Gasteiger partial charge in [-0.25, -0.2) is 0 Å². The first-order valence-electron chi connectivity index (χ1n) is 6.81. The van der Waals surface area contributed by atoms with Gasteiger partial charge in [0.25, 0.3) is 0 Å². The molecule has 3 nitrogen and oxygen atoms in total. The van der Waals surface area contributed by atoms with Crippen LogP contribution in [0, 0.1) is 0 Å². The number of thioether (sulfide) groups is 1. The van der Waals surface area contributed by atoms with Crippen molar-refractivity contribution in [3.63, 3.8) is 0 Å². The average Bonchev–Trinajstić information content (AvgIpc) is 2.82. The summed E-state index contributed by atoms with van der Waals surface area (Å²) in [6.45, 7) is 8.68. The van der Waals surface area contributed by atoms with Crippen LogP contribution < -0.4 is 0 Å². The molecule has 0 N–H and O–H groups in total. The second kappa shape index (κ2) is 6.76. The van der Waals surface area contributed by atoms with Gasteiger partial charge in [0, 0.05) is 22.2 Å². The van der Waals surface area contributed by atoms with Crippen LogP contribution in [0.2, 0.25) is 0 Å². The van der Waals surface area contributed by atoms with Crippen LogP contribution in [0.3, 0.4) is 0 Å². The van der Waals surface area contributed by atoms with E-state index in [4.69, 9.17) is 0 Å². The lowest BCUT2D eigenvalue weighted by molar-refractivity contribution is 0.512. The summed E-state index contributed by atoms with van der Waals surface area (Å²) >= 11 is 5.20. The second-order valence-corrected chi connectivity index (χ2v) is 7.23. The highest BCUT2D eigenvalue weighted by molar-refractivity contribution is 9.10. The SMILES string of the molecule is CC(C)c1nnc(SCc2ccc(Br)cc2)n1C(C)C. The van der Waals surface area contributed by atoms with Crippen LogP contribution in [0.1, 0.15) is 51.0 Å². The molecule has 20 heavy (non-hydrogen) atoms. The minimum absolute atomic E-state index is 0.384. The van der Waals surface area contributed by atoms with Crippen molar-refractivity contribution in [2.24, 2.45) is 0 Å². The molecule has 5 heteroatoms. The standard InChI is InChI=1S/C15H20BrN3S/c1-10(2)14-17-18-15(19(14)11(3)4)20-9-12-5-7-13(16)8-6-12/h5-8,10-11H,9H2,1-4H3. The van der Waals surface area contributed by atoms with Crippen molar-refractivity contribution in [3.05, 3.63) is 40.1 Å². The van der Waals surface area contributed by atoms with Crippen LogP contribution >= 0.6 is 27.7 Å². The van der Waals surface area contributed by atoms with E-state index in [1.165, 1.54) is 5.56 Å². The fraction of sp³-hybridized carbons (Fsp3) is 0.467. The van der Waals surface area contributed by atoms with E-state index in [0.29, 0.717) is 12.0 Å². The molecule has 0 aliphatic rings. The van der Waals surface area contributed by atoms with Gasteiger partial charge in [-0.15, -0.1) is 10.2 Å². The molecule has 0 amide bonds. The summed E-state index contributed by atoms with van der Waals surface area (Å²) in [5, 5.41) is 9.71. The summed E-state index contributed by atoms with van der Waals surface area (Å²) in [5.41, 5.74) is 1.29. The normalized spacial score (nSPS) is 11.6. The second-order valence-electron chi connectivity index (χ2n) is 5.37. The molecule has 0 radical (unpaired) electrons. The molecule has 0 spiro atoms. The Morgan fingerprint density at radius 3 is 2.30 bits per heavy atom. The Bertz CT molecular complexity index is 561. The Hall–Kier alpha value is -0.810. The van der Waals surface area contributed by atoms with Crippen LogP contribution in [0.15, 0.2) is 33.9 Å². The van der Waals surface area contributed by atoms with Crippen molar-refractivity contribution < 1.29 is 0 Å². The molecule has 108 valence electrons. The van der Waals surface area contributed by atoms with Crippen LogP contribution in [0.4, 0.5) is 0 Å². The van der Waals surface area contributed by atoms with Crippen molar-refractivity contribution in [3.8, 4) is 0 Å². The van der Waals surface area contributed by atoms with E-state index in [0.717, 1.165) is 21.2 Å². The van der Waals surface area contributed by atoms with Crippen molar-refractivity contribution in [1.82, 2.24) is 14.8 Å². The lowest BCUT2D eigenvalue weighted by Gasteiger charge is -2.15. The zero-order valence-corrected chi connectivity index (χ0v) is 14.7. The molecule has 0 saturated heterocycles. The van der Waals surface area contributed by atoms with Gasteiger partial charge in [-0.1, -0.05) is 53.7 Å². The van der Waals surface area contributed by atoms with Gasteiger partial charge in [-0.05, 0) is 31.5 Å². The summed E-state index contributed by atoms with van der Waals surface area (Å²) in [7, 11) is 0. The number of hydrogen-bond donors (Lipinski definition) is 0. The average molecular weight is 354 g/mol. The van der Waals surface area contributed by atoms with Gasteiger partial charge in [0.05, 0.1) is 0 Å². The Kier molecular flexibility index (Phi) is 5.27. The van der Waals surface area contributed by atoms with Gasteiger partial charge in [0.2, 0.25) is 0 Å². The maximum atomic E-state index is 4.36. The third kappa shape index (κ3) is 3.64. The zero-order chi connectivity index (χ0) is 14.7. The first-order chi connectivity index (χ1) is 9.49. The molecular weight excluding hydrogens is 334 g/mol. The lowest BCUT2D eigenvalue weighted by Crippen LogP contribution is -2.09. The highest BCUT2D eigenvalue weighted by Crippen LogP contribution is 2.27. The molecule has 2 aromatic rings. The van der Waals surface area contributed by atoms with Gasteiger partial charge in [-0.2, -0.15) is 0 Å². The zero-order valence-electron chi connectivity index (χ0n) is 12.3. The highest BCUT2D eigenvalue weighted by Gasteiger charge is 2.17. The molecule has 0 atom stereocenters. The predicted octanol–water partition coefficient (Wildman–Crippen LogP) is 5.04. The summed E-state index contributed by atoms with van der Waals surface area (Å²) in [5.74, 6) is 2.38. The third-order valence-electron chi connectivity index (χ3n) is 3.00. The molecule has 1 heterocycles. The van der Waals surface area contributed by atoms with E-state index < -0.39 is 0 Å². The number of nitrogens with zero attached hydrogens (tertiary/aromatic N) is 3. The summed E-state index contributed by atoms with van der Waals surface area (Å²) in [6, 6.07) is 8.80. The monoisotopic (exact) mass is 353 g/mol. The molecule has 2 rings (SSSR count). The van der Waals surface area contributed by atoms with E-state index >= 15 is 0 Å². The van der Waals surface area contributed by atoms with Crippen molar-refractivity contribution in [2.45, 2.75) is 50.6 Å². The quantitative estimate of drug-likeness (QED) is 0.705. The van der Waals surface area contributed by atoms with E-state index in [9.17, 15) is 0 Å². The van der Waals surface area contributed by atoms with Crippen LogP contribution in [-0.2, 0) is 5.75 Å². The van der Waals surface area contributed by atoms with E-state index in [2.05, 4.69) is 82.7 Å². The first kappa shape index (κ1) is 15.6. The predicted molar refractivity (Wildman–Crippen MR) is 88.2 cm³/mol. The Morgan fingerprint density at radius 1 is 1.10 bits per heavy atom. The van der Waals surface area contributed by atoms with Gasteiger partial charge in [-0.3, -0.25) is 0 Å². The molecule has 0 saturated carbocycles. The molecule has 0 aliphatic carbocycles. The fourth-order valence-corrected chi connectivity index (χ4v) is 3.29. The van der Waals surface area contributed by atoms with E-state index in [-0.39, 0.29) is 0 Å². The maximum absolute atomic E-state index is 4.36. The minimum atomic E-state index is 0.384. The largest absolute Gasteiger partial charge is 0.303 e. The molecule has 0 fully saturated rings. The Morgan fingerprint density at radius 2 is 1.75 bits per heavy atom. The number of aromatic nitrogens is 3. The molecule has 1 aromatic carbocycles. The number of benzene rings is 1. The van der Waals surface area contributed by atoms with E-state index in [1.54, 1.807) is 11.8 Å². The van der Waals surface area contributed by atoms with Crippen molar-refractivity contribution in [2.75, 3.05) is 0 Å².